The van der Waals surface area contributed by atoms with Crippen molar-refractivity contribution in [3.8, 4) is 33.4 Å². The minimum absolute atomic E-state index is 1.06. The van der Waals surface area contributed by atoms with Gasteiger partial charge in [0, 0.05) is 33.9 Å². The summed E-state index contributed by atoms with van der Waals surface area (Å²) >= 11 is 0. The summed E-state index contributed by atoms with van der Waals surface area (Å²) in [6.45, 7) is 4.32. The van der Waals surface area contributed by atoms with Crippen molar-refractivity contribution in [2.75, 3.05) is 10.6 Å². The lowest BCUT2D eigenvalue weighted by molar-refractivity contribution is 1.45. The van der Waals surface area contributed by atoms with Crippen molar-refractivity contribution in [1.29, 1.82) is 0 Å². The fraction of sp³-hybridized carbons (Fsp3) is 0.0526. The maximum atomic E-state index is 3.68. The molecule has 0 saturated carbocycles. The highest BCUT2D eigenvalue weighted by atomic mass is 14.9. The number of para-hydroxylation sites is 2. The topological polar surface area (TPSA) is 24.1 Å². The Morgan fingerprint density at radius 2 is 0.725 bits per heavy atom. The van der Waals surface area contributed by atoms with E-state index >= 15 is 0 Å². The lowest BCUT2D eigenvalue weighted by Gasteiger charge is -2.16. The van der Waals surface area contributed by atoms with E-state index in [9.17, 15) is 0 Å². The van der Waals surface area contributed by atoms with E-state index in [1.54, 1.807) is 0 Å². The average molecular weight is 517 g/mol. The molecule has 6 aromatic rings. The standard InChI is InChI=1S/C38H32N2/c1-27-13-3-5-19-33(27)35-21-7-9-23-37(35)39-31-17-11-15-29(25-31)30-16-12-18-32(26-30)40-38-24-10-8-22-36(38)34-20-6-4-14-28(34)2/h3-26,39-40H,1-2H3. The molecule has 0 aliphatic carbocycles. The molecule has 40 heavy (non-hydrogen) atoms. The van der Waals surface area contributed by atoms with Crippen LogP contribution in [0.2, 0.25) is 0 Å². The van der Waals surface area contributed by atoms with Gasteiger partial charge in [0.1, 0.15) is 0 Å². The minimum atomic E-state index is 1.06. The Hall–Kier alpha value is -5.08. The highest BCUT2D eigenvalue weighted by Crippen LogP contribution is 2.35. The van der Waals surface area contributed by atoms with Crippen molar-refractivity contribution in [2.24, 2.45) is 0 Å². The summed E-state index contributed by atoms with van der Waals surface area (Å²) in [5, 5.41) is 7.36. The Balaban J connectivity index is 1.28. The predicted molar refractivity (Wildman–Crippen MR) is 172 cm³/mol. The highest BCUT2D eigenvalue weighted by molar-refractivity contribution is 5.85. The van der Waals surface area contributed by atoms with Gasteiger partial charge in [0.15, 0.2) is 0 Å². The van der Waals surface area contributed by atoms with Crippen LogP contribution in [0.15, 0.2) is 146 Å². The van der Waals surface area contributed by atoms with Crippen LogP contribution in [0.4, 0.5) is 22.7 Å². The number of hydrogen-bond donors (Lipinski definition) is 2. The molecule has 0 fully saturated rings. The van der Waals surface area contributed by atoms with E-state index in [1.165, 1.54) is 33.4 Å². The van der Waals surface area contributed by atoms with Crippen LogP contribution in [-0.2, 0) is 0 Å². The van der Waals surface area contributed by atoms with Gasteiger partial charge in [0.05, 0.1) is 0 Å². The molecule has 6 rings (SSSR count). The number of aryl methyl sites for hydroxylation is 2. The number of anilines is 4. The molecule has 0 radical (unpaired) electrons. The lowest BCUT2D eigenvalue weighted by Crippen LogP contribution is -1.95. The van der Waals surface area contributed by atoms with Gasteiger partial charge in [-0.2, -0.15) is 0 Å². The van der Waals surface area contributed by atoms with E-state index in [1.807, 2.05) is 0 Å². The molecular formula is C38H32N2. The predicted octanol–water partition coefficient (Wildman–Crippen LogP) is 10.8. The Morgan fingerprint density at radius 1 is 0.350 bits per heavy atom. The molecule has 2 N–H and O–H groups in total. The maximum Gasteiger partial charge on any atom is 0.0464 e. The molecule has 6 aromatic carbocycles. The van der Waals surface area contributed by atoms with Gasteiger partial charge in [-0.25, -0.2) is 0 Å². The fourth-order valence-electron chi connectivity index (χ4n) is 5.27. The number of rotatable bonds is 7. The first kappa shape index (κ1) is 25.2. The third kappa shape index (κ3) is 5.39. The van der Waals surface area contributed by atoms with Gasteiger partial charge in [-0.1, -0.05) is 109 Å². The number of benzene rings is 6. The van der Waals surface area contributed by atoms with Gasteiger partial charge < -0.3 is 10.6 Å². The summed E-state index contributed by atoms with van der Waals surface area (Å²) in [5.41, 5.74) is 14.0. The van der Waals surface area contributed by atoms with E-state index in [0.717, 1.165) is 33.9 Å². The third-order valence-corrected chi connectivity index (χ3v) is 7.34. The van der Waals surface area contributed by atoms with Gasteiger partial charge in [0.2, 0.25) is 0 Å². The molecule has 194 valence electrons. The molecule has 0 amide bonds. The Bertz CT molecular complexity index is 1650. The molecule has 0 aromatic heterocycles. The van der Waals surface area contributed by atoms with Crippen molar-refractivity contribution < 1.29 is 0 Å². The summed E-state index contributed by atoms with van der Waals surface area (Å²) in [4.78, 5) is 0. The first-order chi connectivity index (χ1) is 19.7. The van der Waals surface area contributed by atoms with E-state index in [4.69, 9.17) is 0 Å². The second-order valence-corrected chi connectivity index (χ2v) is 10.1. The van der Waals surface area contributed by atoms with Crippen LogP contribution < -0.4 is 10.6 Å². The molecule has 0 spiro atoms. The molecule has 0 unspecified atom stereocenters. The monoisotopic (exact) mass is 516 g/mol. The van der Waals surface area contributed by atoms with Gasteiger partial charge in [-0.3, -0.25) is 0 Å². The summed E-state index contributed by atoms with van der Waals surface area (Å²) in [6, 6.07) is 51.3. The van der Waals surface area contributed by atoms with Crippen LogP contribution >= 0.6 is 0 Å². The van der Waals surface area contributed by atoms with Crippen LogP contribution in [0.3, 0.4) is 0 Å². The number of hydrogen-bond acceptors (Lipinski definition) is 2. The molecule has 0 bridgehead atoms. The van der Waals surface area contributed by atoms with Gasteiger partial charge in [0.25, 0.3) is 0 Å². The van der Waals surface area contributed by atoms with Crippen molar-refractivity contribution in [2.45, 2.75) is 13.8 Å². The van der Waals surface area contributed by atoms with Crippen LogP contribution in [0.1, 0.15) is 11.1 Å². The number of nitrogens with one attached hydrogen (secondary N) is 2. The summed E-state index contributed by atoms with van der Waals surface area (Å²) < 4.78 is 0. The van der Waals surface area contributed by atoms with E-state index in [0.29, 0.717) is 0 Å². The van der Waals surface area contributed by atoms with Crippen molar-refractivity contribution in [3.63, 3.8) is 0 Å². The van der Waals surface area contributed by atoms with Crippen molar-refractivity contribution in [1.82, 2.24) is 0 Å². The van der Waals surface area contributed by atoms with Crippen LogP contribution in [0.5, 0.6) is 0 Å². The van der Waals surface area contributed by atoms with Crippen molar-refractivity contribution >= 4 is 22.7 Å². The maximum absolute atomic E-state index is 3.68. The van der Waals surface area contributed by atoms with Gasteiger partial charge >= 0.3 is 0 Å². The Labute approximate surface area is 237 Å². The zero-order chi connectivity index (χ0) is 27.3. The smallest absolute Gasteiger partial charge is 0.0464 e. The summed E-state index contributed by atoms with van der Waals surface area (Å²) in [6.07, 6.45) is 0. The second-order valence-electron chi connectivity index (χ2n) is 10.1. The molecule has 2 heteroatoms. The van der Waals surface area contributed by atoms with Gasteiger partial charge in [-0.15, -0.1) is 0 Å². The highest BCUT2D eigenvalue weighted by Gasteiger charge is 2.10. The SMILES string of the molecule is Cc1ccccc1-c1ccccc1Nc1cccc(-c2cccc(Nc3ccccc3-c3ccccc3C)c2)c1. The van der Waals surface area contributed by atoms with Crippen molar-refractivity contribution in [3.05, 3.63) is 157 Å². The Morgan fingerprint density at radius 3 is 1.15 bits per heavy atom. The minimum Gasteiger partial charge on any atom is -0.355 e. The second kappa shape index (κ2) is 11.3. The normalized spacial score (nSPS) is 10.8. The summed E-state index contributed by atoms with van der Waals surface area (Å²) in [5.74, 6) is 0. The lowest BCUT2D eigenvalue weighted by atomic mass is 9.98. The molecule has 0 atom stereocenters. The first-order valence-corrected chi connectivity index (χ1v) is 13.7. The molecular weight excluding hydrogens is 484 g/mol. The Kier molecular flexibility index (Phi) is 7.15. The van der Waals surface area contributed by atoms with E-state index < -0.39 is 0 Å². The van der Waals surface area contributed by atoms with Crippen LogP contribution in [0, 0.1) is 13.8 Å². The first-order valence-electron chi connectivity index (χ1n) is 13.7. The molecule has 0 aliphatic heterocycles. The molecule has 0 aliphatic rings. The fourth-order valence-corrected chi connectivity index (χ4v) is 5.27. The molecule has 0 heterocycles. The van der Waals surface area contributed by atoms with Crippen LogP contribution in [-0.4, -0.2) is 0 Å². The average Bonchev–Trinajstić information content (AvgIpc) is 2.99. The molecule has 2 nitrogen and oxygen atoms in total. The van der Waals surface area contributed by atoms with Gasteiger partial charge in [-0.05, 0) is 83.6 Å². The third-order valence-electron chi connectivity index (χ3n) is 7.34. The zero-order valence-electron chi connectivity index (χ0n) is 22.9. The van der Waals surface area contributed by atoms with E-state index in [2.05, 4.69) is 170 Å². The summed E-state index contributed by atoms with van der Waals surface area (Å²) in [7, 11) is 0. The van der Waals surface area contributed by atoms with Crippen LogP contribution in [0.25, 0.3) is 33.4 Å². The molecule has 0 saturated heterocycles. The zero-order valence-corrected chi connectivity index (χ0v) is 22.9. The quantitative estimate of drug-likeness (QED) is 0.220. The van der Waals surface area contributed by atoms with E-state index in [-0.39, 0.29) is 0 Å². The largest absolute Gasteiger partial charge is 0.355 e.